The van der Waals surface area contributed by atoms with Gasteiger partial charge in [0.2, 0.25) is 5.88 Å². The van der Waals surface area contributed by atoms with E-state index in [9.17, 15) is 4.79 Å². The van der Waals surface area contributed by atoms with Crippen molar-refractivity contribution in [3.63, 3.8) is 0 Å². The van der Waals surface area contributed by atoms with Crippen LogP contribution in [0.5, 0.6) is 5.88 Å². The van der Waals surface area contributed by atoms with Crippen LogP contribution < -0.4 is 10.1 Å². The maximum atomic E-state index is 12.5. The molecule has 1 fully saturated rings. The highest BCUT2D eigenvalue weighted by Crippen LogP contribution is 2.23. The fourth-order valence-electron chi connectivity index (χ4n) is 2.61. The number of thioether (sulfide) groups is 1. The van der Waals surface area contributed by atoms with E-state index in [1.165, 1.54) is 0 Å². The van der Waals surface area contributed by atoms with Gasteiger partial charge in [0.1, 0.15) is 6.10 Å². The number of amides is 1. The van der Waals surface area contributed by atoms with Crippen molar-refractivity contribution >= 4 is 34.3 Å². The van der Waals surface area contributed by atoms with Crippen LogP contribution in [0.3, 0.4) is 0 Å². The predicted octanol–water partition coefficient (Wildman–Crippen LogP) is 3.09. The number of aromatic amines is 1. The molecule has 24 heavy (non-hydrogen) atoms. The van der Waals surface area contributed by atoms with E-state index in [4.69, 9.17) is 4.74 Å². The molecule has 6 nitrogen and oxygen atoms in total. The molecule has 7 heteroatoms. The number of rotatable bonds is 4. The Hall–Kier alpha value is -2.54. The topological polar surface area (TPSA) is 79.9 Å². The number of hydrogen-bond donors (Lipinski definition) is 2. The summed E-state index contributed by atoms with van der Waals surface area (Å²) in [4.78, 5) is 16.7. The van der Waals surface area contributed by atoms with Gasteiger partial charge in [0.15, 0.2) is 0 Å². The van der Waals surface area contributed by atoms with Gasteiger partial charge in [-0.15, -0.1) is 0 Å². The summed E-state index contributed by atoms with van der Waals surface area (Å²) in [6.07, 6.45) is 4.55. The first kappa shape index (κ1) is 15.0. The molecule has 0 unspecified atom stereocenters. The Bertz CT molecular complexity index is 874. The number of carbonyl (C=O) groups is 1. The highest BCUT2D eigenvalue weighted by Gasteiger charge is 2.18. The van der Waals surface area contributed by atoms with Gasteiger partial charge in [0, 0.05) is 34.7 Å². The van der Waals surface area contributed by atoms with Crippen molar-refractivity contribution in [1.29, 1.82) is 0 Å². The first-order chi connectivity index (χ1) is 11.8. The lowest BCUT2D eigenvalue weighted by Gasteiger charge is -2.12. The van der Waals surface area contributed by atoms with Crippen molar-refractivity contribution in [1.82, 2.24) is 15.2 Å². The number of benzene rings is 1. The summed E-state index contributed by atoms with van der Waals surface area (Å²) in [5.41, 5.74) is 2.11. The average Bonchev–Trinajstić information content (AvgIpc) is 3.26. The number of aromatic nitrogens is 3. The lowest BCUT2D eigenvalue weighted by molar-refractivity contribution is 0.102. The van der Waals surface area contributed by atoms with Gasteiger partial charge in [0.05, 0.1) is 11.7 Å². The number of carbonyl (C=O) groups excluding carboxylic acids is 1. The van der Waals surface area contributed by atoms with Gasteiger partial charge in [-0.25, -0.2) is 4.98 Å². The molecule has 0 aliphatic carbocycles. The number of ether oxygens (including phenoxy) is 1. The minimum absolute atomic E-state index is 0.184. The van der Waals surface area contributed by atoms with E-state index in [0.717, 1.165) is 28.8 Å². The van der Waals surface area contributed by atoms with Gasteiger partial charge < -0.3 is 10.1 Å². The molecule has 1 aliphatic rings. The molecule has 3 heterocycles. The summed E-state index contributed by atoms with van der Waals surface area (Å²) < 4.78 is 5.84. The summed E-state index contributed by atoms with van der Waals surface area (Å²) in [5.74, 6) is 2.39. The molecule has 0 saturated carbocycles. The Morgan fingerprint density at radius 1 is 1.33 bits per heavy atom. The van der Waals surface area contributed by atoms with Gasteiger partial charge in [-0.05, 0) is 36.4 Å². The molecule has 1 aromatic carbocycles. The maximum Gasteiger partial charge on any atom is 0.255 e. The van der Waals surface area contributed by atoms with Crippen molar-refractivity contribution in [3.8, 4) is 5.88 Å². The summed E-state index contributed by atoms with van der Waals surface area (Å²) in [5, 5.41) is 10.8. The first-order valence-electron chi connectivity index (χ1n) is 7.73. The van der Waals surface area contributed by atoms with Crippen LogP contribution in [-0.2, 0) is 0 Å². The van der Waals surface area contributed by atoms with Gasteiger partial charge in [-0.3, -0.25) is 9.89 Å². The summed E-state index contributed by atoms with van der Waals surface area (Å²) in [7, 11) is 0. The van der Waals surface area contributed by atoms with Crippen LogP contribution in [0.15, 0.2) is 42.7 Å². The molecule has 122 valence electrons. The average molecular weight is 340 g/mol. The zero-order chi connectivity index (χ0) is 16.4. The second-order valence-electron chi connectivity index (χ2n) is 5.61. The van der Waals surface area contributed by atoms with E-state index >= 15 is 0 Å². The Morgan fingerprint density at radius 2 is 2.29 bits per heavy atom. The third-order valence-corrected chi connectivity index (χ3v) is 5.00. The summed E-state index contributed by atoms with van der Waals surface area (Å²) >= 11 is 1.88. The molecule has 0 radical (unpaired) electrons. The smallest absolute Gasteiger partial charge is 0.255 e. The molecule has 1 aliphatic heterocycles. The SMILES string of the molecule is O=C(Nc1ccc2cn[nH]c2c1)c1ccnc(O[C@@H]2CCSC2)c1. The molecular weight excluding hydrogens is 324 g/mol. The van der Waals surface area contributed by atoms with Crippen LogP contribution in [0.4, 0.5) is 5.69 Å². The van der Waals surface area contributed by atoms with Crippen LogP contribution in [0.2, 0.25) is 0 Å². The number of pyridine rings is 1. The van der Waals surface area contributed by atoms with Crippen molar-refractivity contribution < 1.29 is 9.53 Å². The summed E-state index contributed by atoms with van der Waals surface area (Å²) in [6.45, 7) is 0. The zero-order valence-corrected chi connectivity index (χ0v) is 13.7. The van der Waals surface area contributed by atoms with Crippen molar-refractivity contribution in [2.75, 3.05) is 16.8 Å². The number of H-pyrrole nitrogens is 1. The van der Waals surface area contributed by atoms with E-state index in [2.05, 4.69) is 20.5 Å². The van der Waals surface area contributed by atoms with E-state index < -0.39 is 0 Å². The Morgan fingerprint density at radius 3 is 3.17 bits per heavy atom. The number of anilines is 1. The Balaban J connectivity index is 1.48. The van der Waals surface area contributed by atoms with Gasteiger partial charge >= 0.3 is 0 Å². The molecule has 2 N–H and O–H groups in total. The third-order valence-electron chi connectivity index (χ3n) is 3.87. The molecule has 4 rings (SSSR count). The molecule has 3 aromatic rings. The largest absolute Gasteiger partial charge is 0.473 e. The predicted molar refractivity (Wildman–Crippen MR) is 94.6 cm³/mol. The second kappa shape index (κ2) is 6.52. The van der Waals surface area contributed by atoms with E-state index in [-0.39, 0.29) is 12.0 Å². The lowest BCUT2D eigenvalue weighted by Crippen LogP contribution is -2.17. The number of nitrogens with zero attached hydrogens (tertiary/aromatic N) is 2. The minimum Gasteiger partial charge on any atom is -0.473 e. The molecule has 1 amide bonds. The monoisotopic (exact) mass is 340 g/mol. The van der Waals surface area contributed by atoms with Crippen molar-refractivity contribution in [3.05, 3.63) is 48.3 Å². The zero-order valence-electron chi connectivity index (χ0n) is 12.9. The highest BCUT2D eigenvalue weighted by molar-refractivity contribution is 7.99. The standard InChI is InChI=1S/C17H16N4O2S/c22-17(20-13-2-1-12-9-19-21-15(12)8-13)11-3-5-18-16(7-11)23-14-4-6-24-10-14/h1-3,5,7-9,14H,4,6,10H2,(H,19,21)(H,20,22)/t14-/m1/s1. The first-order valence-corrected chi connectivity index (χ1v) is 8.88. The van der Waals surface area contributed by atoms with Crippen molar-refractivity contribution in [2.45, 2.75) is 12.5 Å². The number of fused-ring (bicyclic) bond motifs is 1. The van der Waals surface area contributed by atoms with E-state index in [1.807, 2.05) is 30.0 Å². The van der Waals surface area contributed by atoms with Crippen LogP contribution in [0.1, 0.15) is 16.8 Å². The molecule has 2 aromatic heterocycles. The van der Waals surface area contributed by atoms with E-state index in [0.29, 0.717) is 17.1 Å². The van der Waals surface area contributed by atoms with Gasteiger partial charge in [0.25, 0.3) is 5.91 Å². The quantitative estimate of drug-likeness (QED) is 0.763. The molecular formula is C17H16N4O2S. The van der Waals surface area contributed by atoms with Crippen LogP contribution >= 0.6 is 11.8 Å². The normalized spacial score (nSPS) is 17.1. The van der Waals surface area contributed by atoms with Crippen molar-refractivity contribution in [2.24, 2.45) is 0 Å². The third kappa shape index (κ3) is 3.21. The fraction of sp³-hybridized carbons (Fsp3) is 0.235. The number of nitrogens with one attached hydrogen (secondary N) is 2. The van der Waals surface area contributed by atoms with Gasteiger partial charge in [-0.2, -0.15) is 16.9 Å². The minimum atomic E-state index is -0.193. The molecule has 1 saturated heterocycles. The van der Waals surface area contributed by atoms with E-state index in [1.54, 1.807) is 24.5 Å². The fourth-order valence-corrected chi connectivity index (χ4v) is 3.70. The second-order valence-corrected chi connectivity index (χ2v) is 6.76. The van der Waals surface area contributed by atoms with Crippen LogP contribution in [0, 0.1) is 0 Å². The van der Waals surface area contributed by atoms with Crippen LogP contribution in [-0.4, -0.2) is 38.7 Å². The molecule has 0 spiro atoms. The van der Waals surface area contributed by atoms with Crippen LogP contribution in [0.25, 0.3) is 10.9 Å². The van der Waals surface area contributed by atoms with Gasteiger partial charge in [-0.1, -0.05) is 0 Å². The highest BCUT2D eigenvalue weighted by atomic mass is 32.2. The Labute approximate surface area is 143 Å². The lowest BCUT2D eigenvalue weighted by atomic mass is 10.2. The summed E-state index contributed by atoms with van der Waals surface area (Å²) in [6, 6.07) is 8.99. The Kier molecular flexibility index (Phi) is 4.08. The molecule has 0 bridgehead atoms. The number of hydrogen-bond acceptors (Lipinski definition) is 5. The maximum absolute atomic E-state index is 12.5. The molecule has 1 atom stereocenters.